The SMILES string of the molecule is CC(C)(C)CC1NC(C(=O)O)C(c2ccc(Cl)c(Cl)c2)C1(N)c1ccc(Cl)cc1F. The van der Waals surface area contributed by atoms with E-state index in [2.05, 4.69) is 5.32 Å². The zero-order valence-electron chi connectivity index (χ0n) is 16.8. The van der Waals surface area contributed by atoms with Crippen LogP contribution in [0.3, 0.4) is 0 Å². The molecular weight excluding hydrogens is 450 g/mol. The molecule has 8 heteroatoms. The number of carboxylic acids is 1. The minimum Gasteiger partial charge on any atom is -0.480 e. The van der Waals surface area contributed by atoms with Crippen molar-refractivity contribution in [3.63, 3.8) is 0 Å². The molecule has 3 rings (SSSR count). The van der Waals surface area contributed by atoms with E-state index in [-0.39, 0.29) is 21.0 Å². The Hall–Kier alpha value is -1.37. The largest absolute Gasteiger partial charge is 0.480 e. The fraction of sp³-hybridized carbons (Fsp3) is 0.409. The van der Waals surface area contributed by atoms with Crippen LogP contribution in [-0.4, -0.2) is 23.2 Å². The van der Waals surface area contributed by atoms with E-state index in [0.717, 1.165) is 0 Å². The van der Waals surface area contributed by atoms with Crippen LogP contribution in [-0.2, 0) is 10.3 Å². The minimum atomic E-state index is -1.37. The highest BCUT2D eigenvalue weighted by Gasteiger charge is 2.57. The van der Waals surface area contributed by atoms with Gasteiger partial charge in [-0.2, -0.15) is 0 Å². The first-order valence-corrected chi connectivity index (χ1v) is 10.7. The maximum absolute atomic E-state index is 15.1. The Morgan fingerprint density at radius 3 is 2.37 bits per heavy atom. The summed E-state index contributed by atoms with van der Waals surface area (Å²) in [6.45, 7) is 6.07. The highest BCUT2D eigenvalue weighted by molar-refractivity contribution is 6.42. The van der Waals surface area contributed by atoms with E-state index >= 15 is 4.39 Å². The molecule has 4 unspecified atom stereocenters. The molecule has 4 N–H and O–H groups in total. The molecule has 0 spiro atoms. The summed E-state index contributed by atoms with van der Waals surface area (Å²) in [6.07, 6.45) is 0.521. The summed E-state index contributed by atoms with van der Waals surface area (Å²) >= 11 is 18.2. The number of hydrogen-bond acceptors (Lipinski definition) is 3. The minimum absolute atomic E-state index is 0.194. The third-order valence-corrected chi connectivity index (χ3v) is 6.56. The number of aliphatic carboxylic acids is 1. The van der Waals surface area contributed by atoms with Gasteiger partial charge in [0.25, 0.3) is 0 Å². The molecule has 1 aliphatic rings. The lowest BCUT2D eigenvalue weighted by Gasteiger charge is -2.39. The molecule has 162 valence electrons. The van der Waals surface area contributed by atoms with Crippen molar-refractivity contribution in [1.29, 1.82) is 0 Å². The fourth-order valence-electron chi connectivity index (χ4n) is 4.37. The van der Waals surface area contributed by atoms with Gasteiger partial charge in [0.1, 0.15) is 11.9 Å². The van der Waals surface area contributed by atoms with Gasteiger partial charge in [0, 0.05) is 22.5 Å². The summed E-state index contributed by atoms with van der Waals surface area (Å²) in [5, 5.41) is 14.0. The second kappa shape index (κ2) is 8.29. The van der Waals surface area contributed by atoms with Crippen molar-refractivity contribution in [1.82, 2.24) is 5.32 Å². The number of carbonyl (C=O) groups is 1. The van der Waals surface area contributed by atoms with E-state index in [0.29, 0.717) is 17.0 Å². The van der Waals surface area contributed by atoms with E-state index in [1.165, 1.54) is 12.1 Å². The molecule has 0 amide bonds. The van der Waals surface area contributed by atoms with E-state index in [4.69, 9.17) is 40.5 Å². The van der Waals surface area contributed by atoms with Crippen LogP contribution in [0.25, 0.3) is 0 Å². The third kappa shape index (κ3) is 4.32. The predicted molar refractivity (Wildman–Crippen MR) is 119 cm³/mol. The van der Waals surface area contributed by atoms with E-state index < -0.39 is 35.3 Å². The quantitative estimate of drug-likeness (QED) is 0.541. The van der Waals surface area contributed by atoms with Gasteiger partial charge in [-0.3, -0.25) is 10.1 Å². The molecule has 1 fully saturated rings. The number of benzene rings is 2. The monoisotopic (exact) mass is 472 g/mol. The van der Waals surface area contributed by atoms with Crippen molar-refractivity contribution in [3.05, 3.63) is 68.4 Å². The Bertz CT molecular complexity index is 979. The van der Waals surface area contributed by atoms with Crippen molar-refractivity contribution in [3.8, 4) is 0 Å². The van der Waals surface area contributed by atoms with Gasteiger partial charge < -0.3 is 10.8 Å². The van der Waals surface area contributed by atoms with Crippen molar-refractivity contribution >= 4 is 40.8 Å². The molecule has 1 aliphatic heterocycles. The van der Waals surface area contributed by atoms with Crippen molar-refractivity contribution in [2.24, 2.45) is 11.1 Å². The summed E-state index contributed by atoms with van der Waals surface area (Å²) in [5.74, 6) is -2.46. The maximum atomic E-state index is 15.1. The molecular formula is C22H24Cl3FN2O2. The van der Waals surface area contributed by atoms with Crippen LogP contribution in [0, 0.1) is 11.2 Å². The Kier molecular flexibility index (Phi) is 6.43. The first-order chi connectivity index (χ1) is 13.8. The molecule has 0 bridgehead atoms. The zero-order chi connectivity index (χ0) is 22.4. The van der Waals surface area contributed by atoms with Gasteiger partial charge in [-0.25, -0.2) is 4.39 Å². The number of hydrogen-bond donors (Lipinski definition) is 3. The normalized spacial score (nSPS) is 26.7. The van der Waals surface area contributed by atoms with E-state index in [9.17, 15) is 9.90 Å². The van der Waals surface area contributed by atoms with Crippen LogP contribution < -0.4 is 11.1 Å². The van der Waals surface area contributed by atoms with Crippen LogP contribution in [0.5, 0.6) is 0 Å². The summed E-state index contributed by atoms with van der Waals surface area (Å²) in [4.78, 5) is 12.2. The lowest BCUT2D eigenvalue weighted by atomic mass is 9.68. The van der Waals surface area contributed by atoms with Crippen LogP contribution in [0.1, 0.15) is 44.2 Å². The smallest absolute Gasteiger partial charge is 0.321 e. The highest BCUT2D eigenvalue weighted by atomic mass is 35.5. The van der Waals surface area contributed by atoms with Gasteiger partial charge in [0.15, 0.2) is 0 Å². The lowest BCUT2D eigenvalue weighted by Crippen LogP contribution is -2.52. The predicted octanol–water partition coefficient (Wildman–Crippen LogP) is 5.58. The molecule has 0 radical (unpaired) electrons. The Labute approximate surface area is 190 Å². The summed E-state index contributed by atoms with van der Waals surface area (Å²) in [6, 6.07) is 7.59. The average molecular weight is 474 g/mol. The van der Waals surface area contributed by atoms with Crippen LogP contribution in [0.15, 0.2) is 36.4 Å². The number of nitrogens with one attached hydrogen (secondary N) is 1. The zero-order valence-corrected chi connectivity index (χ0v) is 19.1. The maximum Gasteiger partial charge on any atom is 0.321 e. The van der Waals surface area contributed by atoms with Gasteiger partial charge in [-0.15, -0.1) is 0 Å². The second-order valence-electron chi connectivity index (χ2n) is 9.01. The van der Waals surface area contributed by atoms with Crippen LogP contribution in [0.2, 0.25) is 15.1 Å². The van der Waals surface area contributed by atoms with E-state index in [1.807, 2.05) is 20.8 Å². The Morgan fingerprint density at radius 1 is 1.17 bits per heavy atom. The summed E-state index contributed by atoms with van der Waals surface area (Å²) in [5.41, 5.74) is 6.19. The first kappa shape index (κ1) is 23.3. The van der Waals surface area contributed by atoms with Crippen LogP contribution in [0.4, 0.5) is 4.39 Å². The van der Waals surface area contributed by atoms with Crippen LogP contribution >= 0.6 is 34.8 Å². The Balaban J connectivity index is 2.27. The van der Waals surface area contributed by atoms with E-state index in [1.54, 1.807) is 24.3 Å². The van der Waals surface area contributed by atoms with Gasteiger partial charge in [0.2, 0.25) is 0 Å². The topological polar surface area (TPSA) is 75.3 Å². The molecule has 0 aliphatic carbocycles. The first-order valence-electron chi connectivity index (χ1n) is 9.53. The van der Waals surface area contributed by atoms with Gasteiger partial charge in [-0.05, 0) is 41.7 Å². The Morgan fingerprint density at radius 2 is 1.83 bits per heavy atom. The molecule has 30 heavy (non-hydrogen) atoms. The molecule has 1 saturated heterocycles. The molecule has 1 heterocycles. The molecule has 4 nitrogen and oxygen atoms in total. The van der Waals surface area contributed by atoms with Crippen molar-refractivity contribution < 1.29 is 14.3 Å². The fourth-order valence-corrected chi connectivity index (χ4v) is 4.83. The molecule has 0 saturated carbocycles. The molecule has 2 aromatic rings. The van der Waals surface area contributed by atoms with Gasteiger partial charge in [0.05, 0.1) is 15.6 Å². The van der Waals surface area contributed by atoms with Gasteiger partial charge in [-0.1, -0.05) is 67.7 Å². The summed E-state index contributed by atoms with van der Waals surface area (Å²) in [7, 11) is 0. The number of rotatable bonds is 4. The van der Waals surface area contributed by atoms with Gasteiger partial charge >= 0.3 is 5.97 Å². The van der Waals surface area contributed by atoms with Crippen molar-refractivity contribution in [2.75, 3.05) is 0 Å². The molecule has 4 atom stereocenters. The molecule has 0 aromatic heterocycles. The highest BCUT2D eigenvalue weighted by Crippen LogP contribution is 2.49. The summed E-state index contributed by atoms with van der Waals surface area (Å²) < 4.78 is 15.1. The lowest BCUT2D eigenvalue weighted by molar-refractivity contribution is -0.139. The third-order valence-electron chi connectivity index (χ3n) is 5.59. The number of carboxylic acid groups (broad SMARTS) is 1. The number of halogens is 4. The molecule has 2 aromatic carbocycles. The standard InChI is InChI=1S/C22H24Cl3FN2O2/c1-21(2,3)10-17-22(27,13-6-5-12(23)9-16(13)26)18(19(28-17)20(29)30)11-4-7-14(24)15(25)8-11/h4-9,17-19,28H,10,27H2,1-3H3,(H,29,30). The van der Waals surface area contributed by atoms with Crippen molar-refractivity contribution in [2.45, 2.75) is 50.7 Å². The number of nitrogens with two attached hydrogens (primary N) is 1. The average Bonchev–Trinajstić information content (AvgIpc) is 2.89. The second-order valence-corrected chi connectivity index (χ2v) is 10.3.